The van der Waals surface area contributed by atoms with Crippen LogP contribution >= 0.6 is 0 Å². The third-order valence-electron chi connectivity index (χ3n) is 4.61. The molecule has 3 aromatic carbocycles. The molecule has 0 spiro atoms. The summed E-state index contributed by atoms with van der Waals surface area (Å²) in [6.45, 7) is 3.86. The number of benzene rings is 3. The monoisotopic (exact) mass is 394 g/mol. The lowest BCUT2D eigenvalue weighted by molar-refractivity contribution is 0.102. The van der Waals surface area contributed by atoms with Gasteiger partial charge in [0.1, 0.15) is 0 Å². The molecule has 5 heteroatoms. The number of aryl methyl sites for hydroxylation is 2. The number of nitrogens with zero attached hydrogens (tertiary/aromatic N) is 2. The molecule has 0 fully saturated rings. The molecular weight excluding hydrogens is 372 g/mol. The quantitative estimate of drug-likeness (QED) is 0.452. The molecule has 0 unspecified atom stereocenters. The van der Waals surface area contributed by atoms with E-state index in [9.17, 15) is 4.79 Å². The van der Waals surface area contributed by atoms with Gasteiger partial charge < -0.3 is 10.6 Å². The van der Waals surface area contributed by atoms with Crippen LogP contribution in [0.1, 0.15) is 21.7 Å². The summed E-state index contributed by atoms with van der Waals surface area (Å²) in [5, 5.41) is 6.14. The van der Waals surface area contributed by atoms with E-state index in [1.165, 1.54) is 0 Å². The van der Waals surface area contributed by atoms with Gasteiger partial charge in [-0.05, 0) is 61.4 Å². The summed E-state index contributed by atoms with van der Waals surface area (Å²) < 4.78 is 0. The maximum absolute atomic E-state index is 12.7. The zero-order valence-corrected chi connectivity index (χ0v) is 16.9. The first-order valence-corrected chi connectivity index (χ1v) is 9.73. The van der Waals surface area contributed by atoms with E-state index in [-0.39, 0.29) is 5.91 Å². The SMILES string of the molecule is Cc1cc(C)nc(Nc2cccc(NC(=O)c3ccc(-c4ccccc4)cc3)c2)n1. The van der Waals surface area contributed by atoms with Crippen molar-refractivity contribution >= 4 is 23.2 Å². The number of anilines is 3. The van der Waals surface area contributed by atoms with Crippen LogP contribution in [-0.2, 0) is 0 Å². The van der Waals surface area contributed by atoms with Gasteiger partial charge in [0.25, 0.3) is 5.91 Å². The molecule has 2 N–H and O–H groups in total. The summed E-state index contributed by atoms with van der Waals surface area (Å²) in [5.41, 5.74) is 6.09. The molecule has 0 atom stereocenters. The van der Waals surface area contributed by atoms with E-state index in [1.807, 2.05) is 98.8 Å². The van der Waals surface area contributed by atoms with E-state index < -0.39 is 0 Å². The summed E-state index contributed by atoms with van der Waals surface area (Å²) in [4.78, 5) is 21.4. The van der Waals surface area contributed by atoms with Gasteiger partial charge in [0.2, 0.25) is 5.95 Å². The van der Waals surface area contributed by atoms with E-state index in [1.54, 1.807) is 0 Å². The molecular formula is C25H22N4O. The molecule has 5 nitrogen and oxygen atoms in total. The van der Waals surface area contributed by atoms with E-state index in [0.29, 0.717) is 17.2 Å². The van der Waals surface area contributed by atoms with Gasteiger partial charge in [-0.15, -0.1) is 0 Å². The van der Waals surface area contributed by atoms with Crippen molar-refractivity contribution in [2.75, 3.05) is 10.6 Å². The lowest BCUT2D eigenvalue weighted by Crippen LogP contribution is -2.11. The second-order valence-electron chi connectivity index (χ2n) is 7.08. The Kier molecular flexibility index (Phi) is 5.52. The topological polar surface area (TPSA) is 66.9 Å². The summed E-state index contributed by atoms with van der Waals surface area (Å²) in [6.07, 6.45) is 0. The second-order valence-corrected chi connectivity index (χ2v) is 7.08. The molecule has 0 saturated heterocycles. The molecule has 4 rings (SSSR count). The van der Waals surface area contributed by atoms with Gasteiger partial charge in [-0.3, -0.25) is 4.79 Å². The fraction of sp³-hybridized carbons (Fsp3) is 0.0800. The maximum atomic E-state index is 12.7. The van der Waals surface area contributed by atoms with E-state index >= 15 is 0 Å². The van der Waals surface area contributed by atoms with Crippen LogP contribution in [0.15, 0.2) is 84.9 Å². The first kappa shape index (κ1) is 19.3. The Balaban J connectivity index is 1.46. The Hall–Kier alpha value is -3.99. The number of carbonyl (C=O) groups excluding carboxylic acids is 1. The first-order valence-electron chi connectivity index (χ1n) is 9.73. The molecule has 0 aliphatic rings. The average Bonchev–Trinajstić information content (AvgIpc) is 2.74. The molecule has 0 radical (unpaired) electrons. The van der Waals surface area contributed by atoms with Crippen molar-refractivity contribution in [1.29, 1.82) is 0 Å². The highest BCUT2D eigenvalue weighted by atomic mass is 16.1. The molecule has 0 aliphatic heterocycles. The zero-order valence-electron chi connectivity index (χ0n) is 16.9. The number of amides is 1. The van der Waals surface area contributed by atoms with Crippen molar-refractivity contribution in [2.45, 2.75) is 13.8 Å². The molecule has 0 saturated carbocycles. The Labute approximate surface area is 175 Å². The number of carbonyl (C=O) groups is 1. The lowest BCUT2D eigenvalue weighted by Gasteiger charge is -2.10. The largest absolute Gasteiger partial charge is 0.324 e. The number of hydrogen-bond acceptors (Lipinski definition) is 4. The van der Waals surface area contributed by atoms with Crippen LogP contribution < -0.4 is 10.6 Å². The average molecular weight is 394 g/mol. The van der Waals surface area contributed by atoms with Gasteiger partial charge in [-0.1, -0.05) is 48.5 Å². The Morgan fingerprint density at radius 1 is 0.700 bits per heavy atom. The standard InChI is InChI=1S/C25H22N4O/c1-17-15-18(2)27-25(26-17)29-23-10-6-9-22(16-23)28-24(30)21-13-11-20(12-14-21)19-7-4-3-5-8-19/h3-16H,1-2H3,(H,28,30)(H,26,27,29). The number of rotatable bonds is 5. The molecule has 30 heavy (non-hydrogen) atoms. The van der Waals surface area contributed by atoms with Gasteiger partial charge in [0.15, 0.2) is 0 Å². The summed E-state index contributed by atoms with van der Waals surface area (Å²) in [6, 6.07) is 27.1. The van der Waals surface area contributed by atoms with Crippen molar-refractivity contribution in [3.05, 3.63) is 102 Å². The molecule has 0 aliphatic carbocycles. The Bertz CT molecular complexity index is 1150. The second kappa shape index (κ2) is 8.57. The number of hydrogen-bond donors (Lipinski definition) is 2. The summed E-state index contributed by atoms with van der Waals surface area (Å²) in [7, 11) is 0. The van der Waals surface area contributed by atoms with Crippen LogP contribution in [0.25, 0.3) is 11.1 Å². The third-order valence-corrected chi connectivity index (χ3v) is 4.61. The van der Waals surface area contributed by atoms with E-state index in [4.69, 9.17) is 0 Å². The van der Waals surface area contributed by atoms with Crippen molar-refractivity contribution in [3.8, 4) is 11.1 Å². The van der Waals surface area contributed by atoms with Crippen LogP contribution in [0.3, 0.4) is 0 Å². The highest BCUT2D eigenvalue weighted by Crippen LogP contribution is 2.21. The summed E-state index contributed by atoms with van der Waals surface area (Å²) in [5.74, 6) is 0.377. The van der Waals surface area contributed by atoms with Crippen LogP contribution in [0.4, 0.5) is 17.3 Å². The van der Waals surface area contributed by atoms with E-state index in [0.717, 1.165) is 28.2 Å². The first-order chi connectivity index (χ1) is 14.6. The molecule has 148 valence electrons. The highest BCUT2D eigenvalue weighted by Gasteiger charge is 2.08. The van der Waals surface area contributed by atoms with Crippen molar-refractivity contribution < 1.29 is 4.79 Å². The number of nitrogens with one attached hydrogen (secondary N) is 2. The Morgan fingerprint density at radius 2 is 1.33 bits per heavy atom. The van der Waals surface area contributed by atoms with Crippen LogP contribution in [0.2, 0.25) is 0 Å². The van der Waals surface area contributed by atoms with Crippen molar-refractivity contribution in [2.24, 2.45) is 0 Å². The normalized spacial score (nSPS) is 10.5. The smallest absolute Gasteiger partial charge is 0.255 e. The molecule has 0 bridgehead atoms. The highest BCUT2D eigenvalue weighted by molar-refractivity contribution is 6.04. The van der Waals surface area contributed by atoms with Crippen molar-refractivity contribution in [1.82, 2.24) is 9.97 Å². The molecule has 4 aromatic rings. The molecule has 1 heterocycles. The minimum atomic E-state index is -0.158. The molecule has 1 amide bonds. The van der Waals surface area contributed by atoms with Crippen molar-refractivity contribution in [3.63, 3.8) is 0 Å². The minimum absolute atomic E-state index is 0.158. The maximum Gasteiger partial charge on any atom is 0.255 e. The fourth-order valence-corrected chi connectivity index (χ4v) is 3.23. The molecule has 1 aromatic heterocycles. The van der Waals surface area contributed by atoms with E-state index in [2.05, 4.69) is 20.6 Å². The predicted molar refractivity (Wildman–Crippen MR) is 121 cm³/mol. The van der Waals surface area contributed by atoms with Gasteiger partial charge in [0, 0.05) is 28.3 Å². The van der Waals surface area contributed by atoms with Gasteiger partial charge >= 0.3 is 0 Å². The zero-order chi connectivity index (χ0) is 20.9. The van der Waals surface area contributed by atoms with Gasteiger partial charge in [0.05, 0.1) is 0 Å². The minimum Gasteiger partial charge on any atom is -0.324 e. The summed E-state index contributed by atoms with van der Waals surface area (Å²) >= 11 is 0. The third kappa shape index (κ3) is 4.70. The lowest BCUT2D eigenvalue weighted by atomic mass is 10.0. The Morgan fingerprint density at radius 3 is 2.03 bits per heavy atom. The van der Waals surface area contributed by atoms with Crippen LogP contribution in [-0.4, -0.2) is 15.9 Å². The predicted octanol–water partition coefficient (Wildman–Crippen LogP) is 5.76. The number of aromatic nitrogens is 2. The van der Waals surface area contributed by atoms with Crippen LogP contribution in [0.5, 0.6) is 0 Å². The fourth-order valence-electron chi connectivity index (χ4n) is 3.23. The van der Waals surface area contributed by atoms with Gasteiger partial charge in [-0.25, -0.2) is 9.97 Å². The van der Waals surface area contributed by atoms with Crippen LogP contribution in [0, 0.1) is 13.8 Å². The van der Waals surface area contributed by atoms with Gasteiger partial charge in [-0.2, -0.15) is 0 Å².